The summed E-state index contributed by atoms with van der Waals surface area (Å²) in [5, 5.41) is -0.453. The maximum Gasteiger partial charge on any atom is 0.294 e. The quantitative estimate of drug-likeness (QED) is 0.329. The molecular weight excluding hydrogens is 583 g/mol. The first-order valence-corrected chi connectivity index (χ1v) is 13.1. The molecule has 2 aliphatic rings. The van der Waals surface area contributed by atoms with Crippen molar-refractivity contribution in [2.75, 3.05) is 39.5 Å². The van der Waals surface area contributed by atoms with Crippen molar-refractivity contribution in [3.8, 4) is 11.5 Å². The minimum absolute atomic E-state index is 0.259. The predicted octanol–water partition coefficient (Wildman–Crippen LogP) is 4.16. The number of hydrogen-bond acceptors (Lipinski definition) is 7. The maximum atomic E-state index is 12.9. The molecule has 3 amide bonds. The molecule has 0 radical (unpaired) electrons. The summed E-state index contributed by atoms with van der Waals surface area (Å²) >= 11 is 3.00. The van der Waals surface area contributed by atoms with E-state index in [0.717, 1.165) is 25.8 Å². The van der Waals surface area contributed by atoms with Crippen LogP contribution in [0.3, 0.4) is 0 Å². The highest BCUT2D eigenvalue weighted by Gasteiger charge is 2.37. The smallest absolute Gasteiger partial charge is 0.294 e. The predicted molar refractivity (Wildman–Crippen MR) is 141 cm³/mol. The van der Waals surface area contributed by atoms with Gasteiger partial charge in [0.05, 0.1) is 28.3 Å². The molecule has 2 aromatic carbocycles. The van der Waals surface area contributed by atoms with E-state index >= 15 is 0 Å². The molecule has 0 saturated carbocycles. The monoisotopic (exact) mass is 608 g/mol. The summed E-state index contributed by atoms with van der Waals surface area (Å²) in [7, 11) is 0. The van der Waals surface area contributed by atoms with E-state index in [2.05, 4.69) is 22.6 Å². The number of halogens is 1. The van der Waals surface area contributed by atoms with Crippen LogP contribution >= 0.6 is 34.4 Å². The van der Waals surface area contributed by atoms with Gasteiger partial charge in [-0.05, 0) is 70.6 Å². The van der Waals surface area contributed by atoms with Crippen molar-refractivity contribution in [1.29, 1.82) is 0 Å². The molecule has 0 N–H and O–H groups in total. The molecule has 0 bridgehead atoms. The van der Waals surface area contributed by atoms with Crippen LogP contribution in [-0.4, -0.2) is 66.3 Å². The summed E-state index contributed by atoms with van der Waals surface area (Å²) in [6.45, 7) is 4.30. The SMILES string of the molecule is CCOc1cc(/C=C2/SC(=O)N(CC(=O)N3CCOCC3)C2=O)cc(I)c1OCc1ccccc1. The fraction of sp³-hybridized carbons (Fsp3) is 0.320. The van der Waals surface area contributed by atoms with Crippen LogP contribution in [0.25, 0.3) is 6.08 Å². The molecule has 0 unspecified atom stereocenters. The standard InChI is InChI=1S/C25H25IN2O6S/c1-2-33-20-13-18(12-19(26)23(20)34-16-17-6-4-3-5-7-17)14-21-24(30)28(25(31)35-21)15-22(29)27-8-10-32-11-9-27/h3-7,12-14H,2,8-11,15-16H2,1H3/b21-14+. The highest BCUT2D eigenvalue weighted by Crippen LogP contribution is 2.38. The van der Waals surface area contributed by atoms with Gasteiger partial charge in [-0.1, -0.05) is 30.3 Å². The number of nitrogens with zero attached hydrogens (tertiary/aromatic N) is 2. The third-order valence-electron chi connectivity index (χ3n) is 5.39. The average Bonchev–Trinajstić information content (AvgIpc) is 3.12. The Kier molecular flexibility index (Phi) is 8.69. The van der Waals surface area contributed by atoms with Crippen molar-refractivity contribution >= 4 is 57.5 Å². The van der Waals surface area contributed by atoms with Crippen LogP contribution in [-0.2, 0) is 20.9 Å². The van der Waals surface area contributed by atoms with Crippen molar-refractivity contribution in [1.82, 2.24) is 9.80 Å². The van der Waals surface area contributed by atoms with Crippen LogP contribution in [0.1, 0.15) is 18.1 Å². The van der Waals surface area contributed by atoms with Crippen molar-refractivity contribution in [3.63, 3.8) is 0 Å². The third-order valence-corrected chi connectivity index (χ3v) is 7.09. The van der Waals surface area contributed by atoms with Gasteiger partial charge < -0.3 is 19.1 Å². The van der Waals surface area contributed by atoms with Gasteiger partial charge in [-0.15, -0.1) is 0 Å². The van der Waals surface area contributed by atoms with Crippen molar-refractivity contribution in [3.05, 3.63) is 62.1 Å². The second kappa shape index (κ2) is 11.9. The van der Waals surface area contributed by atoms with Crippen LogP contribution in [0.15, 0.2) is 47.4 Å². The van der Waals surface area contributed by atoms with Crippen molar-refractivity contribution < 1.29 is 28.6 Å². The Morgan fingerprint density at radius 2 is 1.89 bits per heavy atom. The molecule has 0 spiro atoms. The van der Waals surface area contributed by atoms with Crippen LogP contribution < -0.4 is 9.47 Å². The number of morpholine rings is 1. The van der Waals surface area contributed by atoms with E-state index in [1.807, 2.05) is 43.3 Å². The molecule has 0 aliphatic carbocycles. The molecule has 184 valence electrons. The van der Waals surface area contributed by atoms with Crippen molar-refractivity contribution in [2.45, 2.75) is 13.5 Å². The van der Waals surface area contributed by atoms with E-state index in [1.54, 1.807) is 17.0 Å². The fourth-order valence-electron chi connectivity index (χ4n) is 3.64. The summed E-state index contributed by atoms with van der Waals surface area (Å²) in [5.41, 5.74) is 1.74. The lowest BCUT2D eigenvalue weighted by atomic mass is 10.1. The molecule has 8 nitrogen and oxygen atoms in total. The molecule has 2 aliphatic heterocycles. The number of carbonyl (C=O) groups is 3. The first kappa shape index (κ1) is 25.5. The number of amides is 3. The molecule has 10 heteroatoms. The first-order chi connectivity index (χ1) is 17.0. The Morgan fingerprint density at radius 1 is 1.14 bits per heavy atom. The lowest BCUT2D eigenvalue weighted by Gasteiger charge is -2.28. The van der Waals surface area contributed by atoms with Gasteiger partial charge in [-0.3, -0.25) is 19.3 Å². The van der Waals surface area contributed by atoms with Crippen LogP contribution in [0.2, 0.25) is 0 Å². The van der Waals surface area contributed by atoms with Crippen molar-refractivity contribution in [2.24, 2.45) is 0 Å². The van der Waals surface area contributed by atoms with Gasteiger partial charge in [0.1, 0.15) is 13.2 Å². The van der Waals surface area contributed by atoms with E-state index in [-0.39, 0.29) is 17.4 Å². The number of rotatable bonds is 8. The van der Waals surface area contributed by atoms with E-state index in [4.69, 9.17) is 14.2 Å². The largest absolute Gasteiger partial charge is 0.490 e. The van der Waals surface area contributed by atoms with Crippen LogP contribution in [0.4, 0.5) is 4.79 Å². The second-order valence-corrected chi connectivity index (χ2v) is 9.95. The number of carbonyl (C=O) groups excluding carboxylic acids is 3. The molecular formula is C25H25IN2O6S. The van der Waals surface area contributed by atoms with Crippen LogP contribution in [0, 0.1) is 3.57 Å². The van der Waals surface area contributed by atoms with Gasteiger partial charge in [0.15, 0.2) is 11.5 Å². The van der Waals surface area contributed by atoms with Gasteiger partial charge in [-0.2, -0.15) is 0 Å². The Morgan fingerprint density at radius 3 is 2.60 bits per heavy atom. The molecule has 2 aromatic rings. The third kappa shape index (κ3) is 6.36. The zero-order valence-corrected chi connectivity index (χ0v) is 22.2. The Bertz CT molecular complexity index is 1130. The molecule has 2 saturated heterocycles. The minimum Gasteiger partial charge on any atom is -0.490 e. The Balaban J connectivity index is 1.50. The number of benzene rings is 2. The van der Waals surface area contributed by atoms with Gasteiger partial charge in [0.2, 0.25) is 5.91 Å². The summed E-state index contributed by atoms with van der Waals surface area (Å²) in [6.07, 6.45) is 1.65. The number of hydrogen-bond donors (Lipinski definition) is 0. The van der Waals surface area contributed by atoms with E-state index in [0.29, 0.717) is 56.6 Å². The van der Waals surface area contributed by atoms with Gasteiger partial charge in [0.25, 0.3) is 11.1 Å². The summed E-state index contributed by atoms with van der Waals surface area (Å²) in [5.74, 6) is 0.449. The Hall–Kier alpha value is -2.57. The van der Waals surface area contributed by atoms with E-state index < -0.39 is 11.1 Å². The fourth-order valence-corrected chi connectivity index (χ4v) is 5.26. The van der Waals surface area contributed by atoms with Gasteiger partial charge in [0, 0.05) is 13.1 Å². The minimum atomic E-state index is -0.473. The summed E-state index contributed by atoms with van der Waals surface area (Å²) in [6, 6.07) is 13.5. The number of ether oxygens (including phenoxy) is 3. The second-order valence-electron chi connectivity index (χ2n) is 7.80. The van der Waals surface area contributed by atoms with Gasteiger partial charge >= 0.3 is 0 Å². The molecule has 2 fully saturated rings. The zero-order chi connectivity index (χ0) is 24.8. The summed E-state index contributed by atoms with van der Waals surface area (Å²) in [4.78, 5) is 40.8. The highest BCUT2D eigenvalue weighted by molar-refractivity contribution is 14.1. The average molecular weight is 608 g/mol. The van der Waals surface area contributed by atoms with E-state index in [9.17, 15) is 14.4 Å². The highest BCUT2D eigenvalue weighted by atomic mass is 127. The zero-order valence-electron chi connectivity index (χ0n) is 19.2. The number of imide groups is 1. The topological polar surface area (TPSA) is 85.4 Å². The molecule has 2 heterocycles. The lowest BCUT2D eigenvalue weighted by molar-refractivity contribution is -0.139. The lowest BCUT2D eigenvalue weighted by Crippen LogP contribution is -2.46. The summed E-state index contributed by atoms with van der Waals surface area (Å²) < 4.78 is 17.9. The number of thioether (sulfide) groups is 1. The Labute approximate surface area is 221 Å². The molecule has 0 aromatic heterocycles. The first-order valence-electron chi connectivity index (χ1n) is 11.2. The van der Waals surface area contributed by atoms with Gasteiger partial charge in [-0.25, -0.2) is 0 Å². The molecule has 4 rings (SSSR count). The normalized spacial score (nSPS) is 17.3. The maximum absolute atomic E-state index is 12.9. The van der Waals surface area contributed by atoms with E-state index in [1.165, 1.54) is 0 Å². The molecule has 0 atom stereocenters. The molecule has 35 heavy (non-hydrogen) atoms. The van der Waals surface area contributed by atoms with Crippen LogP contribution in [0.5, 0.6) is 11.5 Å².